The van der Waals surface area contributed by atoms with Gasteiger partial charge in [-0.25, -0.2) is 4.98 Å². The van der Waals surface area contributed by atoms with E-state index in [0.717, 1.165) is 5.56 Å². The van der Waals surface area contributed by atoms with Gasteiger partial charge >= 0.3 is 0 Å². The van der Waals surface area contributed by atoms with E-state index in [1.165, 1.54) is 11.8 Å². The Morgan fingerprint density at radius 2 is 1.87 bits per heavy atom. The molecule has 2 heterocycles. The molecule has 0 spiro atoms. The summed E-state index contributed by atoms with van der Waals surface area (Å²) >= 11 is 7.21. The fraction of sp³-hybridized carbons (Fsp3) is 0.143. The summed E-state index contributed by atoms with van der Waals surface area (Å²) in [6, 6.07) is 16.3. The third kappa shape index (κ3) is 4.55. The molecular formula is C21H17ClN4O3S. The average molecular weight is 441 g/mol. The SMILES string of the molecule is O=C1CC(C(=O)Nc2ccc(Cl)cc2)c2c(nc(SCc3ccccc3)[nH]c2=O)N1. The maximum atomic E-state index is 12.8. The largest absolute Gasteiger partial charge is 0.326 e. The lowest BCUT2D eigenvalue weighted by molar-refractivity contribution is -0.123. The fourth-order valence-corrected chi connectivity index (χ4v) is 4.07. The van der Waals surface area contributed by atoms with Crippen molar-refractivity contribution in [3.05, 3.63) is 81.1 Å². The minimum absolute atomic E-state index is 0.127. The van der Waals surface area contributed by atoms with Crippen LogP contribution in [0.15, 0.2) is 64.5 Å². The lowest BCUT2D eigenvalue weighted by Crippen LogP contribution is -2.36. The van der Waals surface area contributed by atoms with Gasteiger partial charge in [-0.15, -0.1) is 0 Å². The van der Waals surface area contributed by atoms with E-state index in [0.29, 0.717) is 21.6 Å². The van der Waals surface area contributed by atoms with Gasteiger partial charge in [-0.1, -0.05) is 53.7 Å². The molecule has 3 aromatic rings. The molecule has 0 radical (unpaired) electrons. The van der Waals surface area contributed by atoms with Crippen molar-refractivity contribution in [3.8, 4) is 0 Å². The third-order valence-electron chi connectivity index (χ3n) is 4.58. The number of carbonyl (C=O) groups excluding carboxylic acids is 2. The van der Waals surface area contributed by atoms with Gasteiger partial charge in [0.1, 0.15) is 5.82 Å². The van der Waals surface area contributed by atoms with E-state index in [2.05, 4.69) is 20.6 Å². The third-order valence-corrected chi connectivity index (χ3v) is 5.77. The molecular weight excluding hydrogens is 424 g/mol. The number of benzene rings is 2. The first-order valence-electron chi connectivity index (χ1n) is 9.17. The Hall–Kier alpha value is -3.10. The number of H-pyrrole nitrogens is 1. The van der Waals surface area contributed by atoms with Crippen LogP contribution in [0.5, 0.6) is 0 Å². The van der Waals surface area contributed by atoms with E-state index in [-0.39, 0.29) is 23.7 Å². The minimum atomic E-state index is -0.936. The van der Waals surface area contributed by atoms with Gasteiger partial charge in [0.05, 0.1) is 11.5 Å². The van der Waals surface area contributed by atoms with Crippen LogP contribution >= 0.6 is 23.4 Å². The Morgan fingerprint density at radius 3 is 2.60 bits per heavy atom. The van der Waals surface area contributed by atoms with E-state index < -0.39 is 17.4 Å². The Morgan fingerprint density at radius 1 is 1.13 bits per heavy atom. The maximum Gasteiger partial charge on any atom is 0.257 e. The van der Waals surface area contributed by atoms with E-state index in [9.17, 15) is 14.4 Å². The van der Waals surface area contributed by atoms with Crippen molar-refractivity contribution >= 4 is 46.7 Å². The molecule has 1 unspecified atom stereocenters. The van der Waals surface area contributed by atoms with Gasteiger partial charge in [-0.05, 0) is 29.8 Å². The van der Waals surface area contributed by atoms with Crippen LogP contribution in [0.2, 0.25) is 5.02 Å². The fourth-order valence-electron chi connectivity index (χ4n) is 3.13. The first-order chi connectivity index (χ1) is 14.5. The maximum absolute atomic E-state index is 12.8. The van der Waals surface area contributed by atoms with E-state index in [1.807, 2.05) is 30.3 Å². The van der Waals surface area contributed by atoms with Crippen molar-refractivity contribution < 1.29 is 9.59 Å². The summed E-state index contributed by atoms with van der Waals surface area (Å²) in [5.74, 6) is -1.02. The Balaban J connectivity index is 1.57. The summed E-state index contributed by atoms with van der Waals surface area (Å²) in [7, 11) is 0. The Kier molecular flexibility index (Phi) is 5.87. The van der Waals surface area contributed by atoms with Crippen LogP contribution in [0.1, 0.15) is 23.5 Å². The number of amides is 2. The highest BCUT2D eigenvalue weighted by Crippen LogP contribution is 2.31. The number of nitrogens with one attached hydrogen (secondary N) is 3. The molecule has 30 heavy (non-hydrogen) atoms. The second-order valence-electron chi connectivity index (χ2n) is 6.71. The minimum Gasteiger partial charge on any atom is -0.326 e. The molecule has 9 heteroatoms. The zero-order valence-electron chi connectivity index (χ0n) is 15.6. The number of fused-ring (bicyclic) bond motifs is 1. The lowest BCUT2D eigenvalue weighted by atomic mass is 9.92. The molecule has 0 saturated carbocycles. The topological polar surface area (TPSA) is 104 Å². The van der Waals surface area contributed by atoms with Gasteiger partial charge in [0.2, 0.25) is 11.8 Å². The van der Waals surface area contributed by atoms with Gasteiger partial charge in [-0.3, -0.25) is 14.4 Å². The van der Waals surface area contributed by atoms with E-state index in [4.69, 9.17) is 11.6 Å². The van der Waals surface area contributed by atoms with Gasteiger partial charge in [0, 0.05) is 22.9 Å². The number of hydrogen-bond donors (Lipinski definition) is 3. The molecule has 1 aromatic heterocycles. The van der Waals surface area contributed by atoms with Crippen LogP contribution in [0.3, 0.4) is 0 Å². The molecule has 0 aliphatic carbocycles. The van der Waals surface area contributed by atoms with Crippen molar-refractivity contribution in [2.75, 3.05) is 10.6 Å². The van der Waals surface area contributed by atoms with Crippen LogP contribution in [-0.2, 0) is 15.3 Å². The van der Waals surface area contributed by atoms with Crippen molar-refractivity contribution in [3.63, 3.8) is 0 Å². The van der Waals surface area contributed by atoms with Crippen molar-refractivity contribution in [1.82, 2.24) is 9.97 Å². The predicted molar refractivity (Wildman–Crippen MR) is 117 cm³/mol. The number of nitrogens with zero attached hydrogens (tertiary/aromatic N) is 1. The smallest absolute Gasteiger partial charge is 0.257 e. The molecule has 2 amide bonds. The van der Waals surface area contributed by atoms with Crippen LogP contribution in [0, 0.1) is 0 Å². The van der Waals surface area contributed by atoms with E-state index in [1.54, 1.807) is 24.3 Å². The highest BCUT2D eigenvalue weighted by atomic mass is 35.5. The highest BCUT2D eigenvalue weighted by molar-refractivity contribution is 7.98. The summed E-state index contributed by atoms with van der Waals surface area (Å²) < 4.78 is 0. The van der Waals surface area contributed by atoms with Gasteiger partial charge in [-0.2, -0.15) is 0 Å². The molecule has 152 valence electrons. The summed E-state index contributed by atoms with van der Waals surface area (Å²) in [4.78, 5) is 44.8. The van der Waals surface area contributed by atoms with Crippen LogP contribution in [0.4, 0.5) is 11.5 Å². The molecule has 0 fully saturated rings. The van der Waals surface area contributed by atoms with Crippen LogP contribution < -0.4 is 16.2 Å². The lowest BCUT2D eigenvalue weighted by Gasteiger charge is -2.23. The molecule has 0 saturated heterocycles. The number of halogens is 1. The first kappa shape index (κ1) is 20.2. The predicted octanol–water partition coefficient (Wildman–Crippen LogP) is 3.78. The number of aromatic nitrogens is 2. The standard InChI is InChI=1S/C21H17ClN4O3S/c22-13-6-8-14(9-7-13)23-19(28)15-10-16(27)24-18-17(15)20(29)26-21(25-18)30-11-12-4-2-1-3-5-12/h1-9,15H,10-11H2,(H,23,28)(H2,24,25,26,27,29). The molecule has 1 aliphatic heterocycles. The summed E-state index contributed by atoms with van der Waals surface area (Å²) in [5, 5.41) is 6.26. The number of aromatic amines is 1. The summed E-state index contributed by atoms with van der Waals surface area (Å²) in [6.07, 6.45) is -0.131. The molecule has 4 rings (SSSR count). The van der Waals surface area contributed by atoms with Crippen LogP contribution in [-0.4, -0.2) is 21.8 Å². The normalized spacial score (nSPS) is 15.2. The average Bonchev–Trinajstić information content (AvgIpc) is 2.73. The van der Waals surface area contributed by atoms with Gasteiger partial charge in [0.25, 0.3) is 5.56 Å². The second-order valence-corrected chi connectivity index (χ2v) is 8.11. The molecule has 3 N–H and O–H groups in total. The van der Waals surface area contributed by atoms with Crippen molar-refractivity contribution in [1.29, 1.82) is 0 Å². The number of anilines is 2. The summed E-state index contributed by atoms with van der Waals surface area (Å²) in [5.41, 5.74) is 1.32. The monoisotopic (exact) mass is 440 g/mol. The zero-order valence-corrected chi connectivity index (χ0v) is 17.2. The quantitative estimate of drug-likeness (QED) is 0.413. The van der Waals surface area contributed by atoms with Gasteiger partial charge < -0.3 is 15.6 Å². The summed E-state index contributed by atoms with van der Waals surface area (Å²) in [6.45, 7) is 0. The molecule has 1 atom stereocenters. The molecule has 0 bridgehead atoms. The molecule has 7 nitrogen and oxygen atoms in total. The zero-order chi connectivity index (χ0) is 21.1. The number of hydrogen-bond acceptors (Lipinski definition) is 5. The van der Waals surface area contributed by atoms with Crippen molar-refractivity contribution in [2.45, 2.75) is 23.2 Å². The van der Waals surface area contributed by atoms with Crippen LogP contribution in [0.25, 0.3) is 0 Å². The Labute approximate surface area is 181 Å². The number of thioether (sulfide) groups is 1. The first-order valence-corrected chi connectivity index (χ1v) is 10.5. The van der Waals surface area contributed by atoms with E-state index >= 15 is 0 Å². The van der Waals surface area contributed by atoms with Crippen molar-refractivity contribution in [2.24, 2.45) is 0 Å². The van der Waals surface area contributed by atoms with Gasteiger partial charge in [0.15, 0.2) is 5.16 Å². The molecule has 1 aliphatic rings. The molecule has 2 aromatic carbocycles. The second kappa shape index (κ2) is 8.73. The number of carbonyl (C=O) groups is 2. The number of rotatable bonds is 5. The Bertz CT molecular complexity index is 1150. The highest BCUT2D eigenvalue weighted by Gasteiger charge is 2.34.